The van der Waals surface area contributed by atoms with Crippen LogP contribution in [0.25, 0.3) is 0 Å². The van der Waals surface area contributed by atoms with Crippen molar-refractivity contribution >= 4 is 36.0 Å². The Morgan fingerprint density at radius 3 is 2.38 bits per heavy atom. The number of hydrogen-bond acceptors (Lipinski definition) is 7. The molecule has 1 N–H and O–H groups in total. The van der Waals surface area contributed by atoms with E-state index in [2.05, 4.69) is 16.9 Å². The third-order valence-corrected chi connectivity index (χ3v) is 8.24. The number of anilines is 1. The molecular weight excluding hydrogens is 368 g/mol. The Morgan fingerprint density at radius 2 is 1.83 bits per heavy atom. The van der Waals surface area contributed by atoms with E-state index in [9.17, 15) is 16.8 Å². The van der Waals surface area contributed by atoms with Gasteiger partial charge in [-0.05, 0) is 19.1 Å². The highest BCUT2D eigenvalue weighted by Gasteiger charge is 2.29. The molecule has 0 aliphatic carbocycles. The van der Waals surface area contributed by atoms with Gasteiger partial charge >= 0.3 is 0 Å². The van der Waals surface area contributed by atoms with E-state index in [4.69, 9.17) is 0 Å². The van der Waals surface area contributed by atoms with Crippen LogP contribution >= 0.6 is 11.3 Å². The average Bonchev–Trinajstić information content (AvgIpc) is 2.99. The summed E-state index contributed by atoms with van der Waals surface area (Å²) in [6, 6.07) is 6.32. The van der Waals surface area contributed by atoms with Gasteiger partial charge in [0.2, 0.25) is 24.0 Å². The minimum absolute atomic E-state index is 0.0699. The van der Waals surface area contributed by atoms with Gasteiger partial charge in [0.05, 0.1) is 10.6 Å². The largest absolute Gasteiger partial charge is 0.371 e. The predicted molar refractivity (Wildman–Crippen MR) is 95.2 cm³/mol. The van der Waals surface area contributed by atoms with Crippen molar-refractivity contribution in [3.05, 3.63) is 42.5 Å². The molecule has 1 heterocycles. The molecular formula is C15H18N2O4S3. The number of benzene rings is 1. The van der Waals surface area contributed by atoms with Crippen LogP contribution < -0.4 is 5.32 Å². The van der Waals surface area contributed by atoms with E-state index < -0.39 is 19.7 Å². The molecule has 0 radical (unpaired) electrons. The standard InChI is InChI=1S/C15H18N2O4S3/c1-4-10-16-13-14(17-15(22-13)23(18,19)5-2)24(20,21)12-8-6-11(3)7-9-12/h4,6-9,16H,1,5,10H2,2-3H3. The Bertz CT molecular complexity index is 943. The van der Waals surface area contributed by atoms with Crippen LogP contribution in [0.2, 0.25) is 0 Å². The van der Waals surface area contributed by atoms with E-state index in [-0.39, 0.29) is 25.0 Å². The van der Waals surface area contributed by atoms with Gasteiger partial charge < -0.3 is 5.32 Å². The second kappa shape index (κ2) is 7.04. The van der Waals surface area contributed by atoms with Crippen LogP contribution in [0.1, 0.15) is 12.5 Å². The summed E-state index contributed by atoms with van der Waals surface area (Å²) >= 11 is 0.819. The highest BCUT2D eigenvalue weighted by molar-refractivity contribution is 7.94. The maximum Gasteiger partial charge on any atom is 0.226 e. The van der Waals surface area contributed by atoms with E-state index >= 15 is 0 Å². The third kappa shape index (κ3) is 3.68. The van der Waals surface area contributed by atoms with Gasteiger partial charge in [-0.15, -0.1) is 6.58 Å². The fraction of sp³-hybridized carbons (Fsp3) is 0.267. The second-order valence-electron chi connectivity index (χ2n) is 5.00. The fourth-order valence-corrected chi connectivity index (χ4v) is 5.84. The summed E-state index contributed by atoms with van der Waals surface area (Å²) in [4.78, 5) is 3.99. The molecule has 0 spiro atoms. The average molecular weight is 387 g/mol. The Hall–Kier alpha value is -1.71. The van der Waals surface area contributed by atoms with Crippen LogP contribution in [-0.2, 0) is 19.7 Å². The second-order valence-corrected chi connectivity index (χ2v) is 10.3. The van der Waals surface area contributed by atoms with Crippen LogP contribution in [0, 0.1) is 6.92 Å². The number of nitrogens with zero attached hydrogens (tertiary/aromatic N) is 1. The zero-order chi connectivity index (χ0) is 18.0. The van der Waals surface area contributed by atoms with E-state index in [0.717, 1.165) is 16.9 Å². The Labute approximate surface area is 146 Å². The number of nitrogens with one attached hydrogen (secondary N) is 1. The Kier molecular flexibility index (Phi) is 5.46. The number of sulfone groups is 2. The van der Waals surface area contributed by atoms with Crippen molar-refractivity contribution in [2.24, 2.45) is 0 Å². The van der Waals surface area contributed by atoms with Crippen molar-refractivity contribution < 1.29 is 16.8 Å². The monoisotopic (exact) mass is 386 g/mol. The summed E-state index contributed by atoms with van der Waals surface area (Å²) in [5, 5.41) is 2.78. The van der Waals surface area contributed by atoms with Crippen molar-refractivity contribution in [1.82, 2.24) is 4.98 Å². The molecule has 1 aromatic carbocycles. The molecule has 0 amide bonds. The van der Waals surface area contributed by atoms with Gasteiger partial charge in [0, 0.05) is 6.54 Å². The number of hydrogen-bond donors (Lipinski definition) is 1. The minimum atomic E-state index is -3.93. The quantitative estimate of drug-likeness (QED) is 0.736. The predicted octanol–water partition coefficient (Wildman–Crippen LogP) is 2.68. The molecule has 0 fully saturated rings. The summed E-state index contributed by atoms with van der Waals surface area (Å²) in [6.45, 7) is 7.19. The van der Waals surface area contributed by atoms with Gasteiger partial charge in [-0.3, -0.25) is 0 Å². The molecule has 2 aromatic rings. The maximum absolute atomic E-state index is 12.8. The summed E-state index contributed by atoms with van der Waals surface area (Å²) < 4.78 is 49.6. The molecule has 0 saturated heterocycles. The zero-order valence-electron chi connectivity index (χ0n) is 13.3. The molecule has 6 nitrogen and oxygen atoms in total. The molecule has 9 heteroatoms. The van der Waals surface area contributed by atoms with Crippen LogP contribution in [0.3, 0.4) is 0 Å². The zero-order valence-corrected chi connectivity index (χ0v) is 15.8. The van der Waals surface area contributed by atoms with Gasteiger partial charge in [-0.25, -0.2) is 21.8 Å². The minimum Gasteiger partial charge on any atom is -0.371 e. The fourth-order valence-electron chi connectivity index (χ4n) is 1.83. The lowest BCUT2D eigenvalue weighted by molar-refractivity contribution is 0.590. The lowest BCUT2D eigenvalue weighted by Crippen LogP contribution is -2.08. The van der Waals surface area contributed by atoms with Crippen molar-refractivity contribution in [1.29, 1.82) is 0 Å². The first-order valence-corrected chi connectivity index (χ1v) is 11.1. The van der Waals surface area contributed by atoms with E-state index in [1.165, 1.54) is 19.1 Å². The first-order chi connectivity index (χ1) is 11.2. The summed E-state index contributed by atoms with van der Waals surface area (Å²) in [5.41, 5.74) is 0.923. The van der Waals surface area contributed by atoms with Gasteiger partial charge in [-0.1, -0.05) is 42.0 Å². The lowest BCUT2D eigenvalue weighted by atomic mass is 10.2. The highest BCUT2D eigenvalue weighted by atomic mass is 32.2. The topological polar surface area (TPSA) is 93.2 Å². The summed E-state index contributed by atoms with van der Waals surface area (Å²) in [6.07, 6.45) is 1.55. The molecule has 0 aliphatic rings. The van der Waals surface area contributed by atoms with Gasteiger partial charge in [-0.2, -0.15) is 0 Å². The van der Waals surface area contributed by atoms with E-state index in [1.54, 1.807) is 18.2 Å². The van der Waals surface area contributed by atoms with Crippen molar-refractivity contribution in [2.75, 3.05) is 17.6 Å². The number of aromatic nitrogens is 1. The molecule has 24 heavy (non-hydrogen) atoms. The molecule has 1 aromatic heterocycles. The van der Waals surface area contributed by atoms with Crippen molar-refractivity contribution in [3.63, 3.8) is 0 Å². The van der Waals surface area contributed by atoms with Crippen LogP contribution in [0.15, 0.2) is 51.2 Å². The summed E-state index contributed by atoms with van der Waals surface area (Å²) in [5.74, 6) is -0.147. The SMILES string of the molecule is C=CCNc1sc(S(=O)(=O)CC)nc1S(=O)(=O)c1ccc(C)cc1. The Balaban J connectivity index is 2.62. The highest BCUT2D eigenvalue weighted by Crippen LogP contribution is 2.34. The molecule has 0 atom stereocenters. The Morgan fingerprint density at radius 1 is 1.21 bits per heavy atom. The van der Waals surface area contributed by atoms with Gasteiger partial charge in [0.15, 0.2) is 5.03 Å². The molecule has 0 saturated carbocycles. The van der Waals surface area contributed by atoms with Crippen LogP contribution in [-0.4, -0.2) is 34.1 Å². The van der Waals surface area contributed by atoms with Crippen molar-refractivity contribution in [2.45, 2.75) is 28.1 Å². The smallest absolute Gasteiger partial charge is 0.226 e. The third-order valence-electron chi connectivity index (χ3n) is 3.22. The van der Waals surface area contributed by atoms with Crippen molar-refractivity contribution in [3.8, 4) is 0 Å². The number of thiazole rings is 1. The number of aryl methyl sites for hydroxylation is 1. The van der Waals surface area contributed by atoms with Gasteiger partial charge in [0.1, 0.15) is 5.00 Å². The van der Waals surface area contributed by atoms with E-state index in [1.807, 2.05) is 6.92 Å². The molecule has 0 aliphatic heterocycles. The molecule has 0 bridgehead atoms. The van der Waals surface area contributed by atoms with Gasteiger partial charge in [0.25, 0.3) is 0 Å². The lowest BCUT2D eigenvalue weighted by Gasteiger charge is -2.05. The van der Waals surface area contributed by atoms with E-state index in [0.29, 0.717) is 6.54 Å². The molecule has 2 rings (SSSR count). The number of rotatable bonds is 7. The maximum atomic E-state index is 12.8. The first-order valence-electron chi connectivity index (χ1n) is 7.12. The van der Waals surface area contributed by atoms with Crippen LogP contribution in [0.4, 0.5) is 5.00 Å². The summed E-state index contributed by atoms with van der Waals surface area (Å²) in [7, 11) is -7.52. The first kappa shape index (κ1) is 18.6. The van der Waals surface area contributed by atoms with Crippen LogP contribution in [0.5, 0.6) is 0 Å². The normalized spacial score (nSPS) is 12.1. The molecule has 0 unspecified atom stereocenters. The molecule has 130 valence electrons.